The van der Waals surface area contributed by atoms with Crippen LogP contribution in [-0.2, 0) is 0 Å². The molecule has 0 aliphatic heterocycles. The molecule has 7 rings (SSSR count). The third kappa shape index (κ3) is 6.13. The van der Waals surface area contributed by atoms with Gasteiger partial charge in [-0.3, -0.25) is 4.99 Å². The Morgan fingerprint density at radius 1 is 0.804 bits per heavy atom. The Morgan fingerprint density at radius 2 is 1.59 bits per heavy atom. The van der Waals surface area contributed by atoms with Gasteiger partial charge in [-0.1, -0.05) is 147 Å². The summed E-state index contributed by atoms with van der Waals surface area (Å²) in [6.07, 6.45) is 18.3. The zero-order valence-electron chi connectivity index (χ0n) is 25.8. The SMILES string of the molecule is C=C/N=C\C(=C)C1=CC=CC(c2cc(C3=CCC(c4ccccc4)C=C3)nc(-c3ccc(-c4cccc5ccccc45)cc3)n2)C1. The van der Waals surface area contributed by atoms with Gasteiger partial charge in [-0.15, -0.1) is 0 Å². The lowest BCUT2D eigenvalue weighted by atomic mass is 9.87. The van der Waals surface area contributed by atoms with E-state index in [0.717, 1.165) is 52.3 Å². The molecule has 3 nitrogen and oxygen atoms in total. The van der Waals surface area contributed by atoms with Crippen LogP contribution in [-0.4, -0.2) is 16.2 Å². The van der Waals surface area contributed by atoms with Crippen molar-refractivity contribution in [3.8, 4) is 22.5 Å². The summed E-state index contributed by atoms with van der Waals surface area (Å²) < 4.78 is 0. The van der Waals surface area contributed by atoms with E-state index in [0.29, 0.717) is 5.92 Å². The number of aliphatic imine (C=N–C) groups is 1. The maximum Gasteiger partial charge on any atom is 0.160 e. The monoisotopic (exact) mass is 593 g/mol. The minimum atomic E-state index is 0.0922. The lowest BCUT2D eigenvalue weighted by molar-refractivity contribution is 0.786. The summed E-state index contributed by atoms with van der Waals surface area (Å²) in [6.45, 7) is 7.92. The second-order valence-corrected chi connectivity index (χ2v) is 11.8. The molecule has 2 unspecified atom stereocenters. The van der Waals surface area contributed by atoms with Crippen molar-refractivity contribution in [1.82, 2.24) is 9.97 Å². The van der Waals surface area contributed by atoms with Crippen LogP contribution >= 0.6 is 0 Å². The standard InChI is InChI=1S/C43H35N3/c1-3-44-29-30(2)37-15-9-16-38(27-37)42-28-41(35-23-19-32(20-24-35)31-11-5-4-6-12-31)45-43(46-42)36-25-21-34(22-26-36)40-18-10-14-33-13-7-8-17-39(33)40/h3-19,21-26,28-29,32,38H,1-2,20,27H2/b44-29-. The molecule has 1 heterocycles. The molecule has 0 amide bonds. The topological polar surface area (TPSA) is 38.1 Å². The highest BCUT2D eigenvalue weighted by atomic mass is 14.9. The van der Waals surface area contributed by atoms with Crippen molar-refractivity contribution < 1.29 is 0 Å². The number of hydrogen-bond donors (Lipinski definition) is 0. The molecule has 2 aliphatic carbocycles. The van der Waals surface area contributed by atoms with Crippen molar-refractivity contribution in [2.24, 2.45) is 4.99 Å². The first kappa shape index (κ1) is 29.1. The molecular formula is C43H35N3. The lowest BCUT2D eigenvalue weighted by Gasteiger charge is -2.21. The number of benzene rings is 4. The summed E-state index contributed by atoms with van der Waals surface area (Å²) in [4.78, 5) is 14.5. The molecule has 2 aliphatic rings. The minimum absolute atomic E-state index is 0.0922. The van der Waals surface area contributed by atoms with Gasteiger partial charge < -0.3 is 0 Å². The fourth-order valence-corrected chi connectivity index (χ4v) is 6.31. The van der Waals surface area contributed by atoms with Gasteiger partial charge in [0.25, 0.3) is 0 Å². The summed E-state index contributed by atoms with van der Waals surface area (Å²) in [5, 5.41) is 2.48. The summed E-state index contributed by atoms with van der Waals surface area (Å²) in [5.74, 6) is 1.19. The van der Waals surface area contributed by atoms with Crippen LogP contribution in [0.2, 0.25) is 0 Å². The molecule has 2 atom stereocenters. The predicted octanol–water partition coefficient (Wildman–Crippen LogP) is 10.8. The van der Waals surface area contributed by atoms with Crippen LogP contribution in [0.5, 0.6) is 0 Å². The molecule has 0 saturated carbocycles. The van der Waals surface area contributed by atoms with Crippen molar-refractivity contribution in [2.75, 3.05) is 0 Å². The molecule has 1 aromatic heterocycles. The maximum absolute atomic E-state index is 5.17. The largest absolute Gasteiger partial charge is 0.265 e. The van der Waals surface area contributed by atoms with E-state index >= 15 is 0 Å². The molecule has 4 aromatic carbocycles. The van der Waals surface area contributed by atoms with Gasteiger partial charge in [0.05, 0.1) is 11.4 Å². The normalized spacial score (nSPS) is 17.6. The van der Waals surface area contributed by atoms with Gasteiger partial charge in [-0.25, -0.2) is 9.97 Å². The Kier molecular flexibility index (Phi) is 8.30. The molecule has 5 aromatic rings. The first-order valence-corrected chi connectivity index (χ1v) is 15.8. The average Bonchev–Trinajstić information content (AvgIpc) is 3.14. The van der Waals surface area contributed by atoms with Crippen LogP contribution in [0.25, 0.3) is 38.9 Å². The number of rotatable bonds is 8. The summed E-state index contributed by atoms with van der Waals surface area (Å²) in [7, 11) is 0. The summed E-state index contributed by atoms with van der Waals surface area (Å²) in [5.41, 5.74) is 9.81. The smallest absolute Gasteiger partial charge is 0.160 e. The van der Waals surface area contributed by atoms with E-state index in [1.165, 1.54) is 33.7 Å². The van der Waals surface area contributed by atoms with Crippen molar-refractivity contribution in [3.05, 3.63) is 187 Å². The zero-order valence-corrected chi connectivity index (χ0v) is 25.8. The fraction of sp³-hybridized carbons (Fsp3) is 0.0930. The Bertz CT molecular complexity index is 2070. The maximum atomic E-state index is 5.17. The summed E-state index contributed by atoms with van der Waals surface area (Å²) >= 11 is 0. The van der Waals surface area contributed by atoms with Gasteiger partial charge in [0.1, 0.15) is 0 Å². The number of hydrogen-bond acceptors (Lipinski definition) is 3. The lowest BCUT2D eigenvalue weighted by Crippen LogP contribution is -2.08. The molecule has 0 bridgehead atoms. The average molecular weight is 594 g/mol. The predicted molar refractivity (Wildman–Crippen MR) is 194 cm³/mol. The zero-order chi connectivity index (χ0) is 31.3. The van der Waals surface area contributed by atoms with E-state index in [2.05, 4.69) is 158 Å². The van der Waals surface area contributed by atoms with E-state index in [1.54, 1.807) is 6.21 Å². The van der Waals surface area contributed by atoms with Crippen LogP contribution in [0.4, 0.5) is 0 Å². The number of fused-ring (bicyclic) bond motifs is 1. The molecular weight excluding hydrogens is 558 g/mol. The van der Waals surface area contributed by atoms with E-state index in [1.807, 2.05) is 0 Å². The quantitative estimate of drug-likeness (QED) is 0.168. The minimum Gasteiger partial charge on any atom is -0.265 e. The van der Waals surface area contributed by atoms with Crippen LogP contribution in [0.1, 0.15) is 41.6 Å². The molecule has 46 heavy (non-hydrogen) atoms. The Labute approximate surface area is 271 Å². The summed E-state index contributed by atoms with van der Waals surface area (Å²) in [6, 6.07) is 36.5. The van der Waals surface area contributed by atoms with Gasteiger partial charge in [0.2, 0.25) is 0 Å². The molecule has 0 fully saturated rings. The highest BCUT2D eigenvalue weighted by molar-refractivity contribution is 5.96. The molecule has 0 saturated heterocycles. The van der Waals surface area contributed by atoms with Crippen molar-refractivity contribution in [2.45, 2.75) is 24.7 Å². The number of nitrogens with zero attached hydrogens (tertiary/aromatic N) is 3. The second kappa shape index (κ2) is 13.1. The third-order valence-corrected chi connectivity index (χ3v) is 8.82. The highest BCUT2D eigenvalue weighted by Crippen LogP contribution is 2.36. The number of allylic oxidation sites excluding steroid dienone is 9. The van der Waals surface area contributed by atoms with E-state index in [-0.39, 0.29) is 5.92 Å². The van der Waals surface area contributed by atoms with Gasteiger partial charge in [0, 0.05) is 29.8 Å². The first-order valence-electron chi connectivity index (χ1n) is 15.8. The fourth-order valence-electron chi connectivity index (χ4n) is 6.31. The van der Waals surface area contributed by atoms with E-state index in [4.69, 9.17) is 9.97 Å². The molecule has 0 N–H and O–H groups in total. The highest BCUT2D eigenvalue weighted by Gasteiger charge is 2.21. The van der Waals surface area contributed by atoms with E-state index < -0.39 is 0 Å². The molecule has 3 heteroatoms. The Morgan fingerprint density at radius 3 is 2.39 bits per heavy atom. The van der Waals surface area contributed by atoms with Gasteiger partial charge in [-0.2, -0.15) is 0 Å². The molecule has 0 radical (unpaired) electrons. The van der Waals surface area contributed by atoms with E-state index in [9.17, 15) is 0 Å². The third-order valence-electron chi connectivity index (χ3n) is 8.82. The van der Waals surface area contributed by atoms with Crippen LogP contribution in [0, 0.1) is 0 Å². The Balaban J connectivity index is 1.24. The first-order chi connectivity index (χ1) is 22.7. The second-order valence-electron chi connectivity index (χ2n) is 11.8. The van der Waals surface area contributed by atoms with Gasteiger partial charge in [0.15, 0.2) is 5.82 Å². The van der Waals surface area contributed by atoms with Crippen molar-refractivity contribution >= 4 is 22.6 Å². The molecule has 0 spiro atoms. The Hall–Kier alpha value is -5.67. The number of aromatic nitrogens is 2. The van der Waals surface area contributed by atoms with Crippen molar-refractivity contribution in [1.29, 1.82) is 0 Å². The van der Waals surface area contributed by atoms with Crippen LogP contribution < -0.4 is 0 Å². The van der Waals surface area contributed by atoms with Gasteiger partial charge >= 0.3 is 0 Å². The van der Waals surface area contributed by atoms with Crippen LogP contribution in [0.3, 0.4) is 0 Å². The van der Waals surface area contributed by atoms with Gasteiger partial charge in [-0.05, 0) is 63.1 Å². The van der Waals surface area contributed by atoms with Crippen LogP contribution in [0.15, 0.2) is 175 Å². The van der Waals surface area contributed by atoms with Crippen molar-refractivity contribution in [3.63, 3.8) is 0 Å². The molecule has 222 valence electrons.